The van der Waals surface area contributed by atoms with Crippen molar-refractivity contribution in [3.63, 3.8) is 0 Å². The zero-order valence-corrected chi connectivity index (χ0v) is 20.0. The Bertz CT molecular complexity index is 627. The summed E-state index contributed by atoms with van der Waals surface area (Å²) in [6, 6.07) is 21.2. The summed E-state index contributed by atoms with van der Waals surface area (Å²) >= 11 is 0. The van der Waals surface area contributed by atoms with Gasteiger partial charge in [-0.3, -0.25) is 0 Å². The van der Waals surface area contributed by atoms with Gasteiger partial charge >= 0.3 is 0 Å². The van der Waals surface area contributed by atoms with Gasteiger partial charge < -0.3 is 14.9 Å². The summed E-state index contributed by atoms with van der Waals surface area (Å²) in [6.45, 7) is 13.2. The molecule has 0 aliphatic heterocycles. The van der Waals surface area contributed by atoms with Gasteiger partial charge in [-0.25, -0.2) is 0 Å². The molecule has 0 aliphatic rings. The molecular weight excluding hydrogens is 384 g/mol. The Kier molecular flexibility index (Phi) is 18.5. The van der Waals surface area contributed by atoms with E-state index in [1.165, 1.54) is 23.8 Å². The van der Waals surface area contributed by atoms with Crippen molar-refractivity contribution in [1.29, 1.82) is 0 Å². The Morgan fingerprint density at radius 3 is 1.84 bits per heavy atom. The van der Waals surface area contributed by atoms with E-state index in [1.807, 2.05) is 6.07 Å². The largest absolute Gasteiger partial charge is 0.502 e. The van der Waals surface area contributed by atoms with Crippen molar-refractivity contribution < 1.29 is 14.9 Å². The molecule has 31 heavy (non-hydrogen) atoms. The van der Waals surface area contributed by atoms with E-state index < -0.39 is 0 Å². The van der Waals surface area contributed by atoms with Crippen molar-refractivity contribution in [3.05, 3.63) is 84.6 Å². The fourth-order valence-electron chi connectivity index (χ4n) is 3.07. The van der Waals surface area contributed by atoms with Gasteiger partial charge in [0, 0.05) is 19.6 Å². The normalized spacial score (nSPS) is 12.8. The van der Waals surface area contributed by atoms with Gasteiger partial charge in [0.2, 0.25) is 0 Å². The first-order chi connectivity index (χ1) is 15.0. The van der Waals surface area contributed by atoms with E-state index in [2.05, 4.69) is 93.6 Å². The Balaban J connectivity index is 0.000000465. The molecule has 2 N–H and O–H groups in total. The molecule has 2 aromatic rings. The second kappa shape index (κ2) is 19.8. The van der Waals surface area contributed by atoms with E-state index in [-0.39, 0.29) is 6.61 Å². The molecule has 0 heterocycles. The summed E-state index contributed by atoms with van der Waals surface area (Å²) < 4.78 is 4.68. The number of ether oxygens (including phenoxy) is 1. The first-order valence-electron chi connectivity index (χ1n) is 11.6. The van der Waals surface area contributed by atoms with Crippen LogP contribution >= 0.6 is 0 Å². The van der Waals surface area contributed by atoms with E-state index in [0.29, 0.717) is 37.4 Å². The molecule has 0 saturated carbocycles. The molecule has 3 unspecified atom stereocenters. The Morgan fingerprint density at radius 1 is 0.871 bits per heavy atom. The van der Waals surface area contributed by atoms with E-state index in [4.69, 9.17) is 10.2 Å². The lowest BCUT2D eigenvalue weighted by molar-refractivity contribution is 0.200. The number of aliphatic hydroxyl groups excluding tert-OH is 2. The topological polar surface area (TPSA) is 49.7 Å². The molecular formula is C28H44O3. The molecule has 0 fully saturated rings. The minimum atomic E-state index is 0.188. The Hall–Kier alpha value is -2.10. The maximum Gasteiger partial charge on any atom is 0.0894 e. The van der Waals surface area contributed by atoms with Crippen LogP contribution in [-0.2, 0) is 4.74 Å². The highest BCUT2D eigenvalue weighted by Crippen LogP contribution is 2.26. The molecule has 0 saturated heterocycles. The third-order valence-corrected chi connectivity index (χ3v) is 5.28. The van der Waals surface area contributed by atoms with Crippen molar-refractivity contribution in [2.75, 3.05) is 19.8 Å². The molecule has 3 heteroatoms. The van der Waals surface area contributed by atoms with Crippen molar-refractivity contribution in [2.45, 2.75) is 65.2 Å². The minimum absolute atomic E-state index is 0.188. The summed E-state index contributed by atoms with van der Waals surface area (Å²) in [6.07, 6.45) is 5.51. The van der Waals surface area contributed by atoms with Crippen molar-refractivity contribution in [2.24, 2.45) is 5.92 Å². The van der Waals surface area contributed by atoms with Gasteiger partial charge in [-0.1, -0.05) is 94.9 Å². The van der Waals surface area contributed by atoms with Crippen LogP contribution in [0.5, 0.6) is 0 Å². The molecule has 0 radical (unpaired) electrons. The standard InChI is InChI=1S/C13H20O.C10H14.C5H10O2/c1-3-12(9-11(2)10-14)13-7-5-4-6-8-13;1-3-9(2)10-7-5-4-6-8-10;1-2-7-5-3-4-6/h4-8,11-12,14H,3,9-10H2,1-2H3;4-9H,3H2,1-2H3;2,6H,1,3-5H2. The quantitative estimate of drug-likeness (QED) is 0.301. The van der Waals surface area contributed by atoms with Gasteiger partial charge in [0.05, 0.1) is 12.9 Å². The first-order valence-corrected chi connectivity index (χ1v) is 11.6. The molecule has 3 atom stereocenters. The van der Waals surface area contributed by atoms with Crippen molar-refractivity contribution >= 4 is 0 Å². The molecule has 3 nitrogen and oxygen atoms in total. The third kappa shape index (κ3) is 14.5. The Morgan fingerprint density at radius 2 is 1.42 bits per heavy atom. The average Bonchev–Trinajstić information content (AvgIpc) is 2.84. The van der Waals surface area contributed by atoms with Crippen LogP contribution < -0.4 is 0 Å². The highest BCUT2D eigenvalue weighted by molar-refractivity contribution is 5.19. The van der Waals surface area contributed by atoms with Crippen LogP contribution in [0.3, 0.4) is 0 Å². The van der Waals surface area contributed by atoms with Gasteiger partial charge in [0.15, 0.2) is 0 Å². The SMILES string of the molecule is C=COCCCO.CCC(C)c1ccccc1.CCC(CC(C)CO)c1ccccc1. The predicted octanol–water partition coefficient (Wildman–Crippen LogP) is 6.93. The highest BCUT2D eigenvalue weighted by atomic mass is 16.5. The molecule has 0 aliphatic carbocycles. The monoisotopic (exact) mass is 428 g/mol. The fourth-order valence-corrected chi connectivity index (χ4v) is 3.07. The van der Waals surface area contributed by atoms with Crippen LogP contribution in [0.15, 0.2) is 73.5 Å². The lowest BCUT2D eigenvalue weighted by atomic mass is 9.88. The maximum atomic E-state index is 9.03. The number of hydrogen-bond donors (Lipinski definition) is 2. The fraction of sp³-hybridized carbons (Fsp3) is 0.500. The lowest BCUT2D eigenvalue weighted by Crippen LogP contribution is -2.07. The zero-order valence-electron chi connectivity index (χ0n) is 20.0. The lowest BCUT2D eigenvalue weighted by Gasteiger charge is -2.18. The van der Waals surface area contributed by atoms with Gasteiger partial charge in [-0.2, -0.15) is 0 Å². The highest BCUT2D eigenvalue weighted by Gasteiger charge is 2.12. The summed E-state index contributed by atoms with van der Waals surface area (Å²) in [4.78, 5) is 0. The Labute approximate surface area is 190 Å². The van der Waals surface area contributed by atoms with Gasteiger partial charge in [0.25, 0.3) is 0 Å². The number of rotatable bonds is 11. The number of benzene rings is 2. The molecule has 0 bridgehead atoms. The molecule has 2 rings (SSSR count). The van der Waals surface area contributed by atoms with Crippen LogP contribution in [0.25, 0.3) is 0 Å². The smallest absolute Gasteiger partial charge is 0.0894 e. The van der Waals surface area contributed by atoms with Crippen molar-refractivity contribution in [3.8, 4) is 0 Å². The molecule has 0 amide bonds. The van der Waals surface area contributed by atoms with E-state index in [9.17, 15) is 0 Å². The molecule has 0 spiro atoms. The maximum absolute atomic E-state index is 9.03. The van der Waals surface area contributed by atoms with E-state index in [0.717, 1.165) is 12.8 Å². The molecule has 174 valence electrons. The molecule has 0 aromatic heterocycles. The van der Waals surface area contributed by atoms with E-state index in [1.54, 1.807) is 0 Å². The number of aliphatic hydroxyl groups is 2. The second-order valence-electron chi connectivity index (χ2n) is 7.87. The van der Waals surface area contributed by atoms with Crippen LogP contribution in [0.2, 0.25) is 0 Å². The third-order valence-electron chi connectivity index (χ3n) is 5.28. The van der Waals surface area contributed by atoms with Crippen LogP contribution in [0, 0.1) is 5.92 Å². The van der Waals surface area contributed by atoms with Gasteiger partial charge in [-0.15, -0.1) is 0 Å². The molecule has 2 aromatic carbocycles. The zero-order chi connectivity index (χ0) is 23.3. The first kappa shape index (κ1) is 28.9. The van der Waals surface area contributed by atoms with Crippen LogP contribution in [-0.4, -0.2) is 30.0 Å². The van der Waals surface area contributed by atoms with Crippen molar-refractivity contribution in [1.82, 2.24) is 0 Å². The van der Waals surface area contributed by atoms with Gasteiger partial charge in [-0.05, 0) is 48.1 Å². The predicted molar refractivity (Wildman–Crippen MR) is 133 cm³/mol. The average molecular weight is 429 g/mol. The van der Waals surface area contributed by atoms with Crippen LogP contribution in [0.4, 0.5) is 0 Å². The van der Waals surface area contributed by atoms with Gasteiger partial charge in [0.1, 0.15) is 0 Å². The van der Waals surface area contributed by atoms with Crippen LogP contribution in [0.1, 0.15) is 76.3 Å². The second-order valence-corrected chi connectivity index (χ2v) is 7.87. The summed E-state index contributed by atoms with van der Waals surface area (Å²) in [5, 5.41) is 17.2. The minimum Gasteiger partial charge on any atom is -0.502 e. The number of hydrogen-bond acceptors (Lipinski definition) is 3. The summed E-state index contributed by atoms with van der Waals surface area (Å²) in [5.74, 6) is 1.71. The van der Waals surface area contributed by atoms with E-state index >= 15 is 0 Å². The summed E-state index contributed by atoms with van der Waals surface area (Å²) in [5.41, 5.74) is 2.85. The summed E-state index contributed by atoms with van der Waals surface area (Å²) in [7, 11) is 0.